The number of aliphatic hydroxyl groups excluding tert-OH is 1. The van der Waals surface area contributed by atoms with Crippen LogP contribution < -0.4 is 5.32 Å². The third-order valence-electron chi connectivity index (χ3n) is 5.32. The molecule has 3 aromatic rings. The summed E-state index contributed by atoms with van der Waals surface area (Å²) >= 11 is 0. The van der Waals surface area contributed by atoms with E-state index in [1.807, 2.05) is 36.4 Å². The molecule has 5 nitrogen and oxygen atoms in total. The molecule has 0 radical (unpaired) electrons. The second-order valence-electron chi connectivity index (χ2n) is 7.17. The van der Waals surface area contributed by atoms with Gasteiger partial charge in [0.25, 0.3) is 0 Å². The molecule has 0 amide bonds. The molecule has 140 valence electrons. The summed E-state index contributed by atoms with van der Waals surface area (Å²) < 4.78 is 0. The first-order valence-electron chi connectivity index (χ1n) is 9.73. The first-order chi connectivity index (χ1) is 13.3. The summed E-state index contributed by atoms with van der Waals surface area (Å²) in [5, 5.41) is 13.6. The van der Waals surface area contributed by atoms with Gasteiger partial charge >= 0.3 is 0 Å². The van der Waals surface area contributed by atoms with Crippen molar-refractivity contribution in [3.63, 3.8) is 0 Å². The minimum atomic E-state index is 0.246. The molecule has 0 bridgehead atoms. The van der Waals surface area contributed by atoms with Gasteiger partial charge in [-0.1, -0.05) is 48.5 Å². The van der Waals surface area contributed by atoms with Crippen LogP contribution in [0.25, 0.3) is 22.2 Å². The summed E-state index contributed by atoms with van der Waals surface area (Å²) in [6.45, 7) is 4.03. The maximum absolute atomic E-state index is 9.07. The zero-order valence-electron chi connectivity index (χ0n) is 15.5. The van der Waals surface area contributed by atoms with Gasteiger partial charge in [0, 0.05) is 24.0 Å². The van der Waals surface area contributed by atoms with E-state index in [2.05, 4.69) is 28.4 Å². The first-order valence-corrected chi connectivity index (χ1v) is 9.73. The topological polar surface area (TPSA) is 61.3 Å². The number of nitrogens with one attached hydrogen (secondary N) is 1. The normalized spacial score (nSPS) is 15.9. The molecule has 1 saturated heterocycles. The molecule has 1 aromatic heterocycles. The predicted octanol–water partition coefficient (Wildman–Crippen LogP) is 3.41. The molecule has 5 heteroatoms. The SMILES string of the molecule is OCCN1CCC(CNc2nc(-c3ccccc3)c3ccccc3n2)CC1. The Morgan fingerprint density at radius 3 is 2.48 bits per heavy atom. The number of anilines is 1. The van der Waals surface area contributed by atoms with Crippen LogP contribution in [-0.4, -0.2) is 52.8 Å². The highest BCUT2D eigenvalue weighted by Gasteiger charge is 2.19. The number of aromatic nitrogens is 2. The van der Waals surface area contributed by atoms with Crippen LogP contribution in [0.2, 0.25) is 0 Å². The number of nitrogens with zero attached hydrogens (tertiary/aromatic N) is 3. The van der Waals surface area contributed by atoms with Crippen molar-refractivity contribution in [1.82, 2.24) is 14.9 Å². The molecule has 0 atom stereocenters. The van der Waals surface area contributed by atoms with Gasteiger partial charge < -0.3 is 15.3 Å². The zero-order valence-corrected chi connectivity index (χ0v) is 15.5. The van der Waals surface area contributed by atoms with E-state index in [1.165, 1.54) is 0 Å². The Morgan fingerprint density at radius 2 is 1.70 bits per heavy atom. The van der Waals surface area contributed by atoms with Crippen molar-refractivity contribution in [2.24, 2.45) is 5.92 Å². The molecular weight excluding hydrogens is 336 g/mol. The number of likely N-dealkylation sites (tertiary alicyclic amines) is 1. The lowest BCUT2D eigenvalue weighted by atomic mass is 9.97. The highest BCUT2D eigenvalue weighted by Crippen LogP contribution is 2.27. The number of fused-ring (bicyclic) bond motifs is 1. The predicted molar refractivity (Wildman–Crippen MR) is 110 cm³/mol. The van der Waals surface area contributed by atoms with Crippen molar-refractivity contribution in [2.75, 3.05) is 38.1 Å². The maximum Gasteiger partial charge on any atom is 0.223 e. The Kier molecular flexibility index (Phi) is 5.61. The van der Waals surface area contributed by atoms with Gasteiger partial charge in [0.2, 0.25) is 5.95 Å². The van der Waals surface area contributed by atoms with Gasteiger partial charge in [-0.2, -0.15) is 0 Å². The van der Waals surface area contributed by atoms with Crippen molar-refractivity contribution in [2.45, 2.75) is 12.8 Å². The summed E-state index contributed by atoms with van der Waals surface area (Å²) in [5.74, 6) is 1.32. The molecule has 0 unspecified atom stereocenters. The maximum atomic E-state index is 9.07. The van der Waals surface area contributed by atoms with Gasteiger partial charge in [-0.05, 0) is 37.9 Å². The quantitative estimate of drug-likeness (QED) is 0.704. The third-order valence-corrected chi connectivity index (χ3v) is 5.32. The summed E-state index contributed by atoms with van der Waals surface area (Å²) in [5.41, 5.74) is 3.05. The van der Waals surface area contributed by atoms with E-state index in [4.69, 9.17) is 15.1 Å². The Labute approximate surface area is 160 Å². The number of rotatable bonds is 6. The summed E-state index contributed by atoms with van der Waals surface area (Å²) in [4.78, 5) is 11.9. The van der Waals surface area contributed by atoms with Crippen LogP contribution in [0.5, 0.6) is 0 Å². The van der Waals surface area contributed by atoms with Gasteiger partial charge in [0.05, 0.1) is 17.8 Å². The largest absolute Gasteiger partial charge is 0.395 e. The van der Waals surface area contributed by atoms with Gasteiger partial charge in [-0.25, -0.2) is 9.97 Å². The fourth-order valence-electron chi connectivity index (χ4n) is 3.76. The second kappa shape index (κ2) is 8.46. The molecule has 1 fully saturated rings. The lowest BCUT2D eigenvalue weighted by molar-refractivity contribution is 0.151. The fourth-order valence-corrected chi connectivity index (χ4v) is 3.76. The number of β-amino-alcohol motifs (C(OH)–C–C–N with tert-alkyl or cyclic N) is 1. The van der Waals surface area contributed by atoms with Crippen molar-refractivity contribution in [3.05, 3.63) is 54.6 Å². The van der Waals surface area contributed by atoms with Gasteiger partial charge in [-0.15, -0.1) is 0 Å². The van der Waals surface area contributed by atoms with Gasteiger partial charge in [0.1, 0.15) is 0 Å². The molecule has 0 spiro atoms. The van der Waals surface area contributed by atoms with E-state index in [1.54, 1.807) is 0 Å². The molecular formula is C22H26N4O. The summed E-state index contributed by atoms with van der Waals surface area (Å²) in [6.07, 6.45) is 2.29. The molecule has 0 saturated carbocycles. The molecule has 4 rings (SSSR count). The van der Waals surface area contributed by atoms with E-state index in [9.17, 15) is 0 Å². The number of benzene rings is 2. The van der Waals surface area contributed by atoms with Crippen molar-refractivity contribution in [1.29, 1.82) is 0 Å². The zero-order chi connectivity index (χ0) is 18.5. The fraction of sp³-hybridized carbons (Fsp3) is 0.364. The molecule has 0 aliphatic carbocycles. The van der Waals surface area contributed by atoms with Crippen LogP contribution in [0.4, 0.5) is 5.95 Å². The Hall–Kier alpha value is -2.50. The Balaban J connectivity index is 1.51. The van der Waals surface area contributed by atoms with Crippen LogP contribution in [0.1, 0.15) is 12.8 Å². The molecule has 2 N–H and O–H groups in total. The minimum Gasteiger partial charge on any atom is -0.395 e. The van der Waals surface area contributed by atoms with Crippen LogP contribution in [0, 0.1) is 5.92 Å². The summed E-state index contributed by atoms with van der Waals surface area (Å²) in [7, 11) is 0. The van der Waals surface area contributed by atoms with Crippen LogP contribution in [-0.2, 0) is 0 Å². The van der Waals surface area contributed by atoms with E-state index in [-0.39, 0.29) is 6.61 Å². The molecule has 2 aromatic carbocycles. The van der Waals surface area contributed by atoms with Gasteiger partial charge in [0.15, 0.2) is 0 Å². The molecule has 27 heavy (non-hydrogen) atoms. The Bertz CT molecular complexity index is 876. The smallest absolute Gasteiger partial charge is 0.223 e. The average molecular weight is 362 g/mol. The van der Waals surface area contributed by atoms with Crippen molar-refractivity contribution >= 4 is 16.9 Å². The molecule has 1 aliphatic heterocycles. The first kappa shape index (κ1) is 17.9. The standard InChI is InChI=1S/C22H26N4O/c27-15-14-26-12-10-17(11-13-26)16-23-22-24-20-9-5-4-8-19(20)21(25-22)18-6-2-1-3-7-18/h1-9,17,27H,10-16H2,(H,23,24,25). The number of hydrogen-bond acceptors (Lipinski definition) is 5. The number of piperidine rings is 1. The lowest BCUT2D eigenvalue weighted by Gasteiger charge is -2.31. The van der Waals surface area contributed by atoms with E-state index >= 15 is 0 Å². The lowest BCUT2D eigenvalue weighted by Crippen LogP contribution is -2.37. The van der Waals surface area contributed by atoms with Crippen molar-refractivity contribution in [3.8, 4) is 11.3 Å². The monoisotopic (exact) mass is 362 g/mol. The van der Waals surface area contributed by atoms with E-state index in [0.29, 0.717) is 11.9 Å². The highest BCUT2D eigenvalue weighted by molar-refractivity contribution is 5.93. The summed E-state index contributed by atoms with van der Waals surface area (Å²) in [6, 6.07) is 18.5. The molecule has 2 heterocycles. The minimum absolute atomic E-state index is 0.246. The van der Waals surface area contributed by atoms with E-state index in [0.717, 1.165) is 61.2 Å². The van der Waals surface area contributed by atoms with Gasteiger partial charge in [-0.3, -0.25) is 0 Å². The molecule has 1 aliphatic rings. The van der Waals surface area contributed by atoms with Crippen LogP contribution >= 0.6 is 0 Å². The van der Waals surface area contributed by atoms with Crippen LogP contribution in [0.15, 0.2) is 54.6 Å². The Morgan fingerprint density at radius 1 is 0.963 bits per heavy atom. The number of para-hydroxylation sites is 1. The average Bonchev–Trinajstić information content (AvgIpc) is 2.73. The van der Waals surface area contributed by atoms with Crippen molar-refractivity contribution < 1.29 is 5.11 Å². The number of hydrogen-bond donors (Lipinski definition) is 2. The van der Waals surface area contributed by atoms with Crippen LogP contribution in [0.3, 0.4) is 0 Å². The second-order valence-corrected chi connectivity index (χ2v) is 7.17. The highest BCUT2D eigenvalue weighted by atomic mass is 16.3. The third kappa shape index (κ3) is 4.26. The number of aliphatic hydroxyl groups is 1. The van der Waals surface area contributed by atoms with E-state index < -0.39 is 0 Å².